The van der Waals surface area contributed by atoms with Crippen LogP contribution < -0.4 is 4.57 Å². The number of quaternary nitrogens is 1. The lowest BCUT2D eigenvalue weighted by Crippen LogP contribution is -2.42. The van der Waals surface area contributed by atoms with Gasteiger partial charge in [0.1, 0.15) is 31.7 Å². The van der Waals surface area contributed by atoms with E-state index >= 15 is 0 Å². The molecule has 0 N–H and O–H groups in total. The molecule has 0 amide bonds. The summed E-state index contributed by atoms with van der Waals surface area (Å²) >= 11 is 0. The normalized spacial score (nSPS) is 23.1. The van der Waals surface area contributed by atoms with E-state index in [1.165, 1.54) is 0 Å². The van der Waals surface area contributed by atoms with Gasteiger partial charge >= 0.3 is 0 Å². The van der Waals surface area contributed by atoms with Gasteiger partial charge in [0.2, 0.25) is 6.33 Å². The van der Waals surface area contributed by atoms with Gasteiger partial charge in [-0.1, -0.05) is 0 Å². The highest BCUT2D eigenvalue weighted by molar-refractivity contribution is 5.50. The van der Waals surface area contributed by atoms with Crippen molar-refractivity contribution in [1.82, 2.24) is 4.57 Å². The van der Waals surface area contributed by atoms with Gasteiger partial charge in [0, 0.05) is 6.92 Å². The molecule has 2 heterocycles. The molecule has 2 rings (SSSR count). The molecule has 0 aromatic carbocycles. The first kappa shape index (κ1) is 14.0. The Morgan fingerprint density at radius 1 is 1.42 bits per heavy atom. The van der Waals surface area contributed by atoms with E-state index in [0.29, 0.717) is 0 Å². The minimum absolute atomic E-state index is 0.0632. The van der Waals surface area contributed by atoms with Crippen molar-refractivity contribution in [3.8, 4) is 0 Å². The molecule has 1 aliphatic heterocycles. The van der Waals surface area contributed by atoms with Crippen LogP contribution in [0.1, 0.15) is 27.0 Å². The lowest BCUT2D eigenvalue weighted by atomic mass is 10.4. The highest BCUT2D eigenvalue weighted by Gasteiger charge is 2.24. The fraction of sp³-hybridized carbons (Fsp3) is 0.571. The summed E-state index contributed by atoms with van der Waals surface area (Å²) in [5.41, 5.74) is 0. The molecule has 0 saturated carbocycles. The molecule has 0 radical (unpaired) electrons. The van der Waals surface area contributed by atoms with Crippen LogP contribution in [0.25, 0.3) is 0 Å². The van der Waals surface area contributed by atoms with Crippen molar-refractivity contribution in [3.05, 3.63) is 31.1 Å². The molecule has 0 fully saturated rings. The van der Waals surface area contributed by atoms with Crippen molar-refractivity contribution >= 4 is 6.34 Å². The number of ether oxygens (including phenoxy) is 1. The van der Waals surface area contributed by atoms with Crippen LogP contribution in [-0.2, 0) is 11.3 Å². The number of imidazole rings is 1. The average molecular weight is 264 g/mol. The topological polar surface area (TPSA) is 30.4 Å². The van der Waals surface area contributed by atoms with Gasteiger partial charge in [-0.3, -0.25) is 4.48 Å². The first-order valence-electron chi connectivity index (χ1n) is 6.96. The van der Waals surface area contributed by atoms with Gasteiger partial charge in [-0.2, -0.15) is 0 Å². The number of rotatable bonds is 7. The molecule has 1 aromatic heterocycles. The molecule has 5 heteroatoms. The van der Waals surface area contributed by atoms with E-state index in [0.717, 1.165) is 30.7 Å². The number of hydrogen-bond acceptors (Lipinski definition) is 2. The predicted molar refractivity (Wildman–Crippen MR) is 74.3 cm³/mol. The highest BCUT2D eigenvalue weighted by Crippen LogP contribution is 2.12. The zero-order valence-corrected chi connectivity index (χ0v) is 12.1. The van der Waals surface area contributed by atoms with E-state index in [9.17, 15) is 0 Å². The van der Waals surface area contributed by atoms with E-state index in [1.54, 1.807) is 0 Å². The Kier molecular flexibility index (Phi) is 4.50. The van der Waals surface area contributed by atoms with Crippen LogP contribution in [0, 0.1) is 0 Å². The Hall–Kier alpha value is -1.46. The van der Waals surface area contributed by atoms with E-state index in [-0.39, 0.29) is 6.23 Å². The second-order valence-electron chi connectivity index (χ2n) is 4.87. The largest absolute Gasteiger partial charge is 0.334 e. The average Bonchev–Trinajstić information content (AvgIpc) is 3.08. The second-order valence-corrected chi connectivity index (χ2v) is 4.87. The first-order valence-corrected chi connectivity index (χ1v) is 6.96. The summed E-state index contributed by atoms with van der Waals surface area (Å²) in [6, 6.07) is 0. The van der Waals surface area contributed by atoms with Gasteiger partial charge in [-0.05, 0) is 13.8 Å². The van der Waals surface area contributed by atoms with Crippen LogP contribution in [0.15, 0.2) is 36.1 Å². The SMILES string of the molecule is CC[n+]1ccn(C(C)OCC[N+]2(CC)C=CN=C2)c1. The Balaban J connectivity index is 1.82. The van der Waals surface area contributed by atoms with Gasteiger partial charge in [0.15, 0.2) is 12.6 Å². The number of aryl methyl sites for hydroxylation is 1. The number of likely N-dealkylation sites (N-methyl/N-ethyl adjacent to an activating group) is 1. The van der Waals surface area contributed by atoms with Gasteiger partial charge in [-0.25, -0.2) is 14.1 Å². The quantitative estimate of drug-likeness (QED) is 0.544. The Bertz CT molecular complexity index is 452. The monoisotopic (exact) mass is 264 g/mol. The minimum atomic E-state index is 0.0632. The third kappa shape index (κ3) is 3.30. The van der Waals surface area contributed by atoms with Crippen LogP contribution in [0.3, 0.4) is 0 Å². The molecule has 0 aliphatic carbocycles. The molecule has 0 bridgehead atoms. The van der Waals surface area contributed by atoms with Crippen LogP contribution in [0.4, 0.5) is 0 Å². The van der Waals surface area contributed by atoms with Crippen LogP contribution >= 0.6 is 0 Å². The number of hydrogen-bond donors (Lipinski definition) is 0. The van der Waals surface area contributed by atoms with Crippen molar-refractivity contribution in [3.63, 3.8) is 0 Å². The Labute approximate surface area is 115 Å². The molecule has 2 unspecified atom stereocenters. The first-order chi connectivity index (χ1) is 9.19. The molecule has 0 saturated heterocycles. The minimum Gasteiger partial charge on any atom is -0.334 e. The van der Waals surface area contributed by atoms with E-state index < -0.39 is 0 Å². The second kappa shape index (κ2) is 6.12. The number of aromatic nitrogens is 2. The highest BCUT2D eigenvalue weighted by atomic mass is 16.5. The van der Waals surface area contributed by atoms with Gasteiger partial charge < -0.3 is 4.74 Å². The van der Waals surface area contributed by atoms with E-state index in [4.69, 9.17) is 4.74 Å². The molecule has 0 spiro atoms. The van der Waals surface area contributed by atoms with E-state index in [2.05, 4.69) is 59.8 Å². The van der Waals surface area contributed by atoms with Crippen LogP contribution in [0.2, 0.25) is 0 Å². The molecule has 5 nitrogen and oxygen atoms in total. The fourth-order valence-corrected chi connectivity index (χ4v) is 2.15. The van der Waals surface area contributed by atoms with Crippen LogP contribution in [-0.4, -0.2) is 35.1 Å². The fourth-order valence-electron chi connectivity index (χ4n) is 2.15. The third-order valence-electron chi connectivity index (χ3n) is 3.70. The molecule has 1 aliphatic rings. The molecular weight excluding hydrogens is 240 g/mol. The third-order valence-corrected chi connectivity index (χ3v) is 3.70. The maximum atomic E-state index is 5.91. The standard InChI is InChI=1S/C14H24N4O/c1-4-16-7-8-17(13-16)14(3)19-11-10-18(5-2)9-6-15-12-18/h6-9,12-14H,4-5,10-11H2,1-3H3/q+2. The zero-order chi connectivity index (χ0) is 13.7. The maximum Gasteiger partial charge on any atom is 0.245 e. The zero-order valence-electron chi connectivity index (χ0n) is 12.1. The lowest BCUT2D eigenvalue weighted by molar-refractivity contribution is -0.778. The Morgan fingerprint density at radius 3 is 2.84 bits per heavy atom. The van der Waals surface area contributed by atoms with Crippen molar-refractivity contribution < 1.29 is 13.8 Å². The summed E-state index contributed by atoms with van der Waals surface area (Å²) in [6.07, 6.45) is 12.2. The number of nitrogens with zero attached hydrogens (tertiary/aromatic N) is 4. The van der Waals surface area contributed by atoms with Crippen molar-refractivity contribution in [1.29, 1.82) is 0 Å². The number of aliphatic imine (C=N–C) groups is 1. The van der Waals surface area contributed by atoms with Crippen molar-refractivity contribution in [2.24, 2.45) is 4.99 Å². The van der Waals surface area contributed by atoms with Gasteiger partial charge in [-0.15, -0.1) is 0 Å². The van der Waals surface area contributed by atoms with Gasteiger partial charge in [0.05, 0.1) is 19.3 Å². The predicted octanol–water partition coefficient (Wildman–Crippen LogP) is 1.68. The molecule has 104 valence electrons. The summed E-state index contributed by atoms with van der Waals surface area (Å²) in [5.74, 6) is 0. The molecular formula is C14H24N4O+2. The smallest absolute Gasteiger partial charge is 0.245 e. The van der Waals surface area contributed by atoms with Crippen molar-refractivity contribution in [2.45, 2.75) is 33.5 Å². The van der Waals surface area contributed by atoms with Crippen LogP contribution in [0.5, 0.6) is 0 Å². The van der Waals surface area contributed by atoms with E-state index in [1.807, 2.05) is 12.5 Å². The summed E-state index contributed by atoms with van der Waals surface area (Å²) < 4.78 is 10.9. The molecule has 2 atom stereocenters. The maximum absolute atomic E-state index is 5.91. The summed E-state index contributed by atoms with van der Waals surface area (Å²) in [5, 5.41) is 0. The lowest BCUT2D eigenvalue weighted by Gasteiger charge is -2.25. The Morgan fingerprint density at radius 2 is 2.26 bits per heavy atom. The molecule has 1 aromatic rings. The molecule has 19 heavy (non-hydrogen) atoms. The summed E-state index contributed by atoms with van der Waals surface area (Å²) in [4.78, 5) is 4.18. The van der Waals surface area contributed by atoms with Crippen molar-refractivity contribution in [2.75, 3.05) is 19.7 Å². The summed E-state index contributed by atoms with van der Waals surface area (Å²) in [6.45, 7) is 10.0. The summed E-state index contributed by atoms with van der Waals surface area (Å²) in [7, 11) is 0. The van der Waals surface area contributed by atoms with Gasteiger partial charge in [0.25, 0.3) is 0 Å².